The van der Waals surface area contributed by atoms with Gasteiger partial charge in [0.2, 0.25) is 17.7 Å². The molecule has 0 spiro atoms. The maximum Gasteiger partial charge on any atom is 0.239 e. The van der Waals surface area contributed by atoms with E-state index in [4.69, 9.17) is 4.74 Å². The summed E-state index contributed by atoms with van der Waals surface area (Å²) in [6, 6.07) is 13.5. The minimum Gasteiger partial charge on any atom is -0.472 e. The van der Waals surface area contributed by atoms with Crippen molar-refractivity contribution in [3.8, 4) is 5.88 Å². The molecular formula is C33H43N7O5S. The highest BCUT2D eigenvalue weighted by molar-refractivity contribution is 8.22. The van der Waals surface area contributed by atoms with E-state index >= 15 is 0 Å². The number of aryl methyl sites for hydroxylation is 3. The maximum absolute atomic E-state index is 13.3. The van der Waals surface area contributed by atoms with Crippen LogP contribution in [0.4, 0.5) is 0 Å². The summed E-state index contributed by atoms with van der Waals surface area (Å²) in [6.07, 6.45) is 2.15. The lowest BCUT2D eigenvalue weighted by Gasteiger charge is -2.41. The van der Waals surface area contributed by atoms with Crippen molar-refractivity contribution in [3.05, 3.63) is 76.5 Å². The SMILES string of the molecule is CC[C@@H]1CN(Cc2cc([C@H](CC(=O)NCCNC(C)=O)c3ccc4c(nnn4CC)c3C)ccc2C)S(O)(O)c2cccnc2O1. The van der Waals surface area contributed by atoms with Gasteiger partial charge in [-0.2, -0.15) is 4.31 Å². The predicted molar refractivity (Wildman–Crippen MR) is 178 cm³/mol. The number of ether oxygens (including phenoxy) is 1. The van der Waals surface area contributed by atoms with Gasteiger partial charge in [-0.25, -0.2) is 9.67 Å². The van der Waals surface area contributed by atoms with Gasteiger partial charge in [0.05, 0.1) is 12.1 Å². The smallest absolute Gasteiger partial charge is 0.239 e. The van der Waals surface area contributed by atoms with Crippen LogP contribution in [0, 0.1) is 13.8 Å². The minimum atomic E-state index is -3.40. The molecule has 13 heteroatoms. The summed E-state index contributed by atoms with van der Waals surface area (Å²) < 4.78 is 32.7. The van der Waals surface area contributed by atoms with Gasteiger partial charge in [-0.1, -0.05) is 36.4 Å². The number of aromatic nitrogens is 4. The van der Waals surface area contributed by atoms with Crippen LogP contribution >= 0.6 is 10.8 Å². The van der Waals surface area contributed by atoms with E-state index in [1.54, 1.807) is 22.6 Å². The third kappa shape index (κ3) is 7.02. The molecule has 3 heterocycles. The second-order valence-electron chi connectivity index (χ2n) is 11.6. The molecule has 0 saturated heterocycles. The lowest BCUT2D eigenvalue weighted by atomic mass is 9.84. The summed E-state index contributed by atoms with van der Waals surface area (Å²) in [5.74, 6) is -0.376. The molecule has 4 aromatic rings. The summed E-state index contributed by atoms with van der Waals surface area (Å²) in [6.45, 7) is 11.4. The van der Waals surface area contributed by atoms with Crippen molar-refractivity contribution in [3.63, 3.8) is 0 Å². The van der Waals surface area contributed by atoms with Crippen LogP contribution in [0.25, 0.3) is 11.0 Å². The first-order valence-electron chi connectivity index (χ1n) is 15.6. The number of carbonyl (C=O) groups excluding carboxylic acids is 2. The Hall–Kier alpha value is -4.04. The Kier molecular flexibility index (Phi) is 10.3. The number of hydrogen-bond acceptors (Lipinski definition) is 9. The standard InChI is InChI=1S/C33H43N7O5S/c1-6-26-20-39(46(43,44)30-9-8-14-36-33(30)45-26)19-25-17-24(11-10-21(25)3)28(18-31(42)35-16-15-34-23(5)41)27-12-13-29-32(22(27)4)37-38-40(29)7-2/h8-14,17,26,28,43-44H,6-7,15-16,18-20H2,1-5H3,(H,34,41)(H,35,42)/t26-,28+/m1/s1. The summed E-state index contributed by atoms with van der Waals surface area (Å²) in [7, 11) is -3.40. The molecule has 0 bridgehead atoms. The number of nitrogens with one attached hydrogen (secondary N) is 2. The molecule has 46 heavy (non-hydrogen) atoms. The fraction of sp³-hybridized carbons (Fsp3) is 0.424. The van der Waals surface area contributed by atoms with Crippen molar-refractivity contribution in [2.45, 2.75) is 77.5 Å². The van der Waals surface area contributed by atoms with Crippen molar-refractivity contribution >= 4 is 33.6 Å². The normalized spacial score (nSPS) is 17.4. The van der Waals surface area contributed by atoms with Crippen LogP contribution in [0.2, 0.25) is 0 Å². The van der Waals surface area contributed by atoms with E-state index in [0.717, 1.165) is 38.9 Å². The second kappa shape index (κ2) is 14.2. The number of carbonyl (C=O) groups is 2. The van der Waals surface area contributed by atoms with Crippen molar-refractivity contribution in [1.82, 2.24) is 34.9 Å². The monoisotopic (exact) mass is 649 g/mol. The van der Waals surface area contributed by atoms with Gasteiger partial charge in [0.25, 0.3) is 0 Å². The van der Waals surface area contributed by atoms with Gasteiger partial charge < -0.3 is 15.4 Å². The Labute approximate surface area is 271 Å². The largest absolute Gasteiger partial charge is 0.472 e. The Balaban J connectivity index is 1.51. The Morgan fingerprint density at radius 3 is 2.63 bits per heavy atom. The summed E-state index contributed by atoms with van der Waals surface area (Å²) in [5, 5.41) is 14.4. The molecule has 0 fully saturated rings. The highest BCUT2D eigenvalue weighted by atomic mass is 32.3. The first-order valence-corrected chi connectivity index (χ1v) is 17.1. The lowest BCUT2D eigenvalue weighted by Crippen LogP contribution is -2.34. The third-order valence-electron chi connectivity index (χ3n) is 8.52. The highest BCUT2D eigenvalue weighted by Crippen LogP contribution is 2.57. The van der Waals surface area contributed by atoms with E-state index in [9.17, 15) is 18.7 Å². The number of amides is 2. The number of fused-ring (bicyclic) bond motifs is 2. The third-order valence-corrected chi connectivity index (χ3v) is 10.4. The van der Waals surface area contributed by atoms with Crippen LogP contribution in [0.5, 0.6) is 5.88 Å². The van der Waals surface area contributed by atoms with Crippen LogP contribution in [0.15, 0.2) is 53.6 Å². The fourth-order valence-electron chi connectivity index (χ4n) is 5.87. The zero-order valence-corrected chi connectivity index (χ0v) is 27.8. The molecule has 0 saturated carbocycles. The number of pyridine rings is 1. The van der Waals surface area contributed by atoms with Crippen LogP contribution in [0.1, 0.15) is 67.3 Å². The van der Waals surface area contributed by atoms with Gasteiger partial charge in [0, 0.05) is 51.6 Å². The van der Waals surface area contributed by atoms with Gasteiger partial charge in [0.1, 0.15) is 16.5 Å². The molecule has 2 aromatic carbocycles. The molecule has 4 N–H and O–H groups in total. The van der Waals surface area contributed by atoms with Gasteiger partial charge in [-0.15, -0.1) is 15.9 Å². The molecule has 0 aliphatic carbocycles. The topological polar surface area (TPSA) is 155 Å². The highest BCUT2D eigenvalue weighted by Gasteiger charge is 2.36. The molecule has 2 atom stereocenters. The van der Waals surface area contributed by atoms with Gasteiger partial charge in [-0.05, 0) is 73.2 Å². The molecule has 5 rings (SSSR count). The zero-order valence-electron chi connectivity index (χ0n) is 27.0. The quantitative estimate of drug-likeness (QED) is 0.166. The molecular weight excluding hydrogens is 606 g/mol. The van der Waals surface area contributed by atoms with Gasteiger partial charge in [-0.3, -0.25) is 18.7 Å². The van der Waals surface area contributed by atoms with E-state index in [1.807, 2.05) is 56.6 Å². The van der Waals surface area contributed by atoms with Gasteiger partial charge in [0.15, 0.2) is 0 Å². The summed E-state index contributed by atoms with van der Waals surface area (Å²) >= 11 is 0. The molecule has 2 aromatic heterocycles. The Morgan fingerprint density at radius 1 is 1.11 bits per heavy atom. The average Bonchev–Trinajstić information content (AvgIpc) is 3.42. The summed E-state index contributed by atoms with van der Waals surface area (Å²) in [5.41, 5.74) is 6.44. The number of rotatable bonds is 11. The van der Waals surface area contributed by atoms with E-state index < -0.39 is 10.8 Å². The van der Waals surface area contributed by atoms with Crippen molar-refractivity contribution in [2.24, 2.45) is 0 Å². The van der Waals surface area contributed by atoms with Crippen LogP contribution in [-0.4, -0.2) is 70.9 Å². The van der Waals surface area contributed by atoms with Crippen LogP contribution in [-0.2, 0) is 22.7 Å². The predicted octanol–water partition coefficient (Wildman–Crippen LogP) is 4.94. The van der Waals surface area contributed by atoms with E-state index in [1.165, 1.54) is 6.92 Å². The lowest BCUT2D eigenvalue weighted by molar-refractivity contribution is -0.122. The molecule has 1 aliphatic heterocycles. The molecule has 0 radical (unpaired) electrons. The van der Waals surface area contributed by atoms with Crippen molar-refractivity contribution < 1.29 is 23.4 Å². The zero-order chi connectivity index (χ0) is 33.0. The van der Waals surface area contributed by atoms with E-state index in [-0.39, 0.29) is 47.6 Å². The Morgan fingerprint density at radius 2 is 1.89 bits per heavy atom. The summed E-state index contributed by atoms with van der Waals surface area (Å²) in [4.78, 5) is 29.1. The van der Waals surface area contributed by atoms with Crippen molar-refractivity contribution in [1.29, 1.82) is 0 Å². The fourth-order valence-corrected chi connectivity index (χ4v) is 7.44. The molecule has 246 valence electrons. The Bertz CT molecular complexity index is 1730. The van der Waals surface area contributed by atoms with E-state index in [2.05, 4.69) is 32.0 Å². The van der Waals surface area contributed by atoms with Crippen LogP contribution < -0.4 is 15.4 Å². The first-order chi connectivity index (χ1) is 22.0. The van der Waals surface area contributed by atoms with Gasteiger partial charge >= 0.3 is 0 Å². The first kappa shape index (κ1) is 33.3. The van der Waals surface area contributed by atoms with E-state index in [0.29, 0.717) is 32.6 Å². The number of hydrogen-bond donors (Lipinski definition) is 4. The molecule has 0 unspecified atom stereocenters. The molecule has 2 amide bonds. The molecule has 1 aliphatic rings. The average molecular weight is 650 g/mol. The minimum absolute atomic E-state index is 0.150. The maximum atomic E-state index is 13.3. The number of nitrogens with zero attached hydrogens (tertiary/aromatic N) is 5. The number of benzene rings is 2. The van der Waals surface area contributed by atoms with Crippen molar-refractivity contribution in [2.75, 3.05) is 19.6 Å². The molecule has 12 nitrogen and oxygen atoms in total. The second-order valence-corrected chi connectivity index (χ2v) is 13.6. The van der Waals surface area contributed by atoms with Crippen LogP contribution in [0.3, 0.4) is 0 Å².